The number of hydrogen-bond acceptors (Lipinski definition) is 7. The van der Waals surface area contributed by atoms with Crippen molar-refractivity contribution < 1.29 is 38.4 Å². The summed E-state index contributed by atoms with van der Waals surface area (Å²) in [5.41, 5.74) is -0.0634. The topological polar surface area (TPSA) is 101 Å². The van der Waals surface area contributed by atoms with Crippen LogP contribution in [0.15, 0.2) is 24.3 Å². The highest BCUT2D eigenvalue weighted by Gasteiger charge is 2.19. The molecule has 2 atom stereocenters. The Balaban J connectivity index is 2.40. The first kappa shape index (κ1) is 37.0. The molecular formula is C33H56O8. The highest BCUT2D eigenvalue weighted by atomic mass is 16.6. The summed E-state index contributed by atoms with van der Waals surface area (Å²) in [6.45, 7) is 10.4. The normalized spacial score (nSPS) is 12.8. The fourth-order valence-corrected chi connectivity index (χ4v) is 4.43. The minimum Gasteiger partial charge on any atom is -0.478 e. The van der Waals surface area contributed by atoms with E-state index in [9.17, 15) is 14.7 Å². The fraction of sp³-hybridized carbons (Fsp3) is 0.758. The van der Waals surface area contributed by atoms with Gasteiger partial charge in [0.25, 0.3) is 0 Å². The van der Waals surface area contributed by atoms with E-state index in [1.54, 1.807) is 12.1 Å². The molecule has 8 nitrogen and oxygen atoms in total. The highest BCUT2D eigenvalue weighted by Crippen LogP contribution is 2.14. The number of carboxylic acid groups (broad SMARTS) is 1. The van der Waals surface area contributed by atoms with Crippen molar-refractivity contribution in [1.29, 1.82) is 0 Å². The van der Waals surface area contributed by atoms with Crippen molar-refractivity contribution in [1.82, 2.24) is 0 Å². The second kappa shape index (κ2) is 25.7. The Kier molecular flexibility index (Phi) is 23.2. The summed E-state index contributed by atoms with van der Waals surface area (Å²) in [5, 5.41) is 9.38. The van der Waals surface area contributed by atoms with Crippen molar-refractivity contribution in [3.8, 4) is 0 Å². The van der Waals surface area contributed by atoms with Gasteiger partial charge in [-0.1, -0.05) is 90.7 Å². The van der Waals surface area contributed by atoms with Crippen LogP contribution in [0.4, 0.5) is 0 Å². The smallest absolute Gasteiger partial charge is 0.339 e. The van der Waals surface area contributed by atoms with Crippen LogP contribution in [0.3, 0.4) is 0 Å². The van der Waals surface area contributed by atoms with Crippen LogP contribution >= 0.6 is 0 Å². The largest absolute Gasteiger partial charge is 0.478 e. The molecule has 0 fully saturated rings. The maximum Gasteiger partial charge on any atom is 0.339 e. The van der Waals surface area contributed by atoms with Gasteiger partial charge in [-0.2, -0.15) is 0 Å². The summed E-state index contributed by atoms with van der Waals surface area (Å²) in [4.78, 5) is 24.1. The lowest BCUT2D eigenvalue weighted by molar-refractivity contribution is -0.0454. The van der Waals surface area contributed by atoms with Gasteiger partial charge in [-0.3, -0.25) is 0 Å². The molecule has 1 aromatic rings. The Hall–Kier alpha value is -2.00. The quantitative estimate of drug-likeness (QED) is 0.0812. The molecule has 0 saturated carbocycles. The fourth-order valence-electron chi connectivity index (χ4n) is 4.43. The molecule has 0 radical (unpaired) electrons. The summed E-state index contributed by atoms with van der Waals surface area (Å²) >= 11 is 0. The Labute approximate surface area is 248 Å². The van der Waals surface area contributed by atoms with Crippen molar-refractivity contribution in [2.75, 3.05) is 52.9 Å². The van der Waals surface area contributed by atoms with Gasteiger partial charge in [-0.05, 0) is 30.9 Å². The third-order valence-corrected chi connectivity index (χ3v) is 7.10. The Bertz CT molecular complexity index is 784. The van der Waals surface area contributed by atoms with Crippen LogP contribution < -0.4 is 0 Å². The lowest BCUT2D eigenvalue weighted by atomic mass is 10.0. The van der Waals surface area contributed by atoms with E-state index in [1.165, 1.54) is 69.9 Å². The molecule has 0 saturated heterocycles. The Morgan fingerprint density at radius 2 is 1.32 bits per heavy atom. The molecule has 1 rings (SSSR count). The highest BCUT2D eigenvalue weighted by molar-refractivity contribution is 6.02. The number of esters is 1. The van der Waals surface area contributed by atoms with Crippen LogP contribution in [-0.4, -0.2) is 76.0 Å². The number of rotatable bonds is 28. The zero-order valence-electron chi connectivity index (χ0n) is 25.9. The zero-order valence-corrected chi connectivity index (χ0v) is 25.9. The van der Waals surface area contributed by atoms with Gasteiger partial charge in [0, 0.05) is 26.2 Å². The van der Waals surface area contributed by atoms with Crippen molar-refractivity contribution in [2.45, 2.75) is 104 Å². The Morgan fingerprint density at radius 3 is 2.02 bits per heavy atom. The number of carbonyl (C=O) groups is 2. The van der Waals surface area contributed by atoms with Gasteiger partial charge in [0.15, 0.2) is 0 Å². The number of aromatic carboxylic acids is 1. The van der Waals surface area contributed by atoms with E-state index in [2.05, 4.69) is 20.8 Å². The van der Waals surface area contributed by atoms with Crippen LogP contribution in [-0.2, 0) is 23.7 Å². The summed E-state index contributed by atoms with van der Waals surface area (Å²) in [6, 6.07) is 6.03. The predicted molar refractivity (Wildman–Crippen MR) is 162 cm³/mol. The number of unbranched alkanes of at least 4 members (excludes halogenated alkanes) is 7. The molecule has 2 unspecified atom stereocenters. The van der Waals surface area contributed by atoms with Gasteiger partial charge < -0.3 is 28.8 Å². The van der Waals surface area contributed by atoms with Crippen molar-refractivity contribution in [2.24, 2.45) is 5.92 Å². The zero-order chi connectivity index (χ0) is 30.0. The Morgan fingerprint density at radius 1 is 0.683 bits per heavy atom. The molecule has 236 valence electrons. The van der Waals surface area contributed by atoms with E-state index in [-0.39, 0.29) is 17.7 Å². The average Bonchev–Trinajstić information content (AvgIpc) is 2.98. The lowest BCUT2D eigenvalue weighted by Crippen LogP contribution is -2.26. The molecule has 0 aliphatic rings. The van der Waals surface area contributed by atoms with Crippen LogP contribution in [0, 0.1) is 5.92 Å². The van der Waals surface area contributed by atoms with Gasteiger partial charge in [0.2, 0.25) is 0 Å². The van der Waals surface area contributed by atoms with Crippen LogP contribution in [0.2, 0.25) is 0 Å². The molecule has 0 bridgehead atoms. The molecule has 41 heavy (non-hydrogen) atoms. The summed E-state index contributed by atoms with van der Waals surface area (Å²) in [7, 11) is 0. The van der Waals surface area contributed by atoms with Crippen molar-refractivity contribution >= 4 is 11.9 Å². The van der Waals surface area contributed by atoms with Crippen molar-refractivity contribution in [3.63, 3.8) is 0 Å². The SMILES string of the molecule is CCCCCCCCCOCCOC(CCOCCOCC(CC)CCCC)COC(=O)c1ccccc1C(=O)O. The van der Waals surface area contributed by atoms with E-state index in [4.69, 9.17) is 23.7 Å². The molecular weight excluding hydrogens is 524 g/mol. The first-order valence-electron chi connectivity index (χ1n) is 15.9. The summed E-state index contributed by atoms with van der Waals surface area (Å²) < 4.78 is 28.7. The van der Waals surface area contributed by atoms with E-state index in [0.29, 0.717) is 52.0 Å². The minimum atomic E-state index is -1.17. The summed E-state index contributed by atoms with van der Waals surface area (Å²) in [5.74, 6) is -1.26. The molecule has 0 heterocycles. The second-order valence-electron chi connectivity index (χ2n) is 10.6. The molecule has 8 heteroatoms. The van der Waals surface area contributed by atoms with Gasteiger partial charge in [-0.25, -0.2) is 9.59 Å². The third-order valence-electron chi connectivity index (χ3n) is 7.10. The monoisotopic (exact) mass is 580 g/mol. The summed E-state index contributed by atoms with van der Waals surface area (Å²) in [6.07, 6.45) is 13.6. The number of hydrogen-bond donors (Lipinski definition) is 1. The molecule has 0 amide bonds. The number of benzene rings is 1. The van der Waals surface area contributed by atoms with Gasteiger partial charge in [0.05, 0.1) is 43.7 Å². The first-order valence-corrected chi connectivity index (χ1v) is 15.9. The molecule has 1 N–H and O–H groups in total. The first-order chi connectivity index (χ1) is 20.0. The maximum absolute atomic E-state index is 12.6. The maximum atomic E-state index is 12.6. The van der Waals surface area contributed by atoms with Crippen molar-refractivity contribution in [3.05, 3.63) is 35.4 Å². The van der Waals surface area contributed by atoms with Crippen LogP contribution in [0.1, 0.15) is 119 Å². The number of ether oxygens (including phenoxy) is 5. The molecule has 0 spiro atoms. The van der Waals surface area contributed by atoms with E-state index in [1.807, 2.05) is 0 Å². The van der Waals surface area contributed by atoms with Crippen LogP contribution in [0.5, 0.6) is 0 Å². The number of carboxylic acids is 1. The van der Waals surface area contributed by atoms with Crippen LogP contribution in [0.25, 0.3) is 0 Å². The molecule has 0 aliphatic carbocycles. The van der Waals surface area contributed by atoms with Gasteiger partial charge >= 0.3 is 11.9 Å². The molecule has 0 aromatic heterocycles. The van der Waals surface area contributed by atoms with E-state index in [0.717, 1.165) is 19.4 Å². The van der Waals surface area contributed by atoms with E-state index >= 15 is 0 Å². The average molecular weight is 581 g/mol. The standard InChI is InChI=1S/C33H56O8/c1-4-7-9-10-11-12-15-20-37-24-25-40-29(19-21-38-22-23-39-26-28(6-3)16-8-5-2)27-41-33(36)31-18-14-13-17-30(31)32(34)35/h13-14,17-18,28-29H,4-12,15-16,19-27H2,1-3H3,(H,34,35). The second-order valence-corrected chi connectivity index (χ2v) is 10.6. The number of carbonyl (C=O) groups excluding carboxylic acids is 1. The third kappa shape index (κ3) is 18.9. The molecule has 0 aliphatic heterocycles. The lowest BCUT2D eigenvalue weighted by Gasteiger charge is -2.19. The predicted octanol–water partition coefficient (Wildman–Crippen LogP) is 7.33. The molecule has 1 aromatic carbocycles. The minimum absolute atomic E-state index is 0.0000151. The van der Waals surface area contributed by atoms with Gasteiger partial charge in [0.1, 0.15) is 6.61 Å². The van der Waals surface area contributed by atoms with Gasteiger partial charge in [-0.15, -0.1) is 0 Å². The van der Waals surface area contributed by atoms with E-state index < -0.39 is 18.0 Å².